The van der Waals surface area contributed by atoms with Gasteiger partial charge >= 0.3 is 0 Å². The molecule has 1 fully saturated rings. The molecule has 0 radical (unpaired) electrons. The standard InChI is InChI=1S/C18H19ClF2N6O/c19-17-14(4-1-5-22-17)28-11-12-3-2-6-26(9-12)16-8-23-13-7-24-27(10-15(20)21)18(13)25-16/h1,4-5,7-8,12,15H,2-3,6,9-11H2. The van der Waals surface area contributed by atoms with Gasteiger partial charge < -0.3 is 9.64 Å². The summed E-state index contributed by atoms with van der Waals surface area (Å²) in [4.78, 5) is 15.0. The first-order chi connectivity index (χ1) is 13.6. The number of hydrogen-bond acceptors (Lipinski definition) is 6. The topological polar surface area (TPSA) is 69.0 Å². The van der Waals surface area contributed by atoms with Gasteiger partial charge in [-0.15, -0.1) is 0 Å². The van der Waals surface area contributed by atoms with Crippen molar-refractivity contribution in [3.8, 4) is 5.75 Å². The molecule has 1 saturated heterocycles. The maximum Gasteiger partial charge on any atom is 0.258 e. The highest BCUT2D eigenvalue weighted by Crippen LogP contribution is 2.26. The molecule has 0 amide bonds. The van der Waals surface area contributed by atoms with E-state index in [0.29, 0.717) is 34.5 Å². The van der Waals surface area contributed by atoms with Crippen molar-refractivity contribution in [2.24, 2.45) is 5.92 Å². The molecule has 10 heteroatoms. The second kappa shape index (κ2) is 8.22. The first kappa shape index (κ1) is 18.8. The average Bonchev–Trinajstić information content (AvgIpc) is 3.09. The maximum absolute atomic E-state index is 12.7. The largest absolute Gasteiger partial charge is 0.490 e. The summed E-state index contributed by atoms with van der Waals surface area (Å²) in [5.74, 6) is 1.51. The van der Waals surface area contributed by atoms with Gasteiger partial charge in [-0.25, -0.2) is 28.4 Å². The van der Waals surface area contributed by atoms with Gasteiger partial charge in [-0.05, 0) is 25.0 Å². The van der Waals surface area contributed by atoms with Gasteiger partial charge in [-0.1, -0.05) is 11.6 Å². The monoisotopic (exact) mass is 408 g/mol. The van der Waals surface area contributed by atoms with Crippen LogP contribution in [0.25, 0.3) is 11.2 Å². The number of nitrogens with zero attached hydrogens (tertiary/aromatic N) is 6. The number of anilines is 1. The molecule has 0 bridgehead atoms. The zero-order valence-electron chi connectivity index (χ0n) is 15.0. The van der Waals surface area contributed by atoms with Crippen LogP contribution in [-0.4, -0.2) is 50.9 Å². The van der Waals surface area contributed by atoms with Gasteiger partial charge in [0, 0.05) is 25.2 Å². The van der Waals surface area contributed by atoms with E-state index >= 15 is 0 Å². The van der Waals surface area contributed by atoms with Crippen molar-refractivity contribution in [3.63, 3.8) is 0 Å². The number of hydrogen-bond donors (Lipinski definition) is 0. The van der Waals surface area contributed by atoms with Gasteiger partial charge in [0.25, 0.3) is 6.43 Å². The molecule has 3 aromatic heterocycles. The molecule has 0 N–H and O–H groups in total. The van der Waals surface area contributed by atoms with Crippen molar-refractivity contribution < 1.29 is 13.5 Å². The van der Waals surface area contributed by atoms with E-state index in [9.17, 15) is 8.78 Å². The van der Waals surface area contributed by atoms with Crippen LogP contribution in [0.5, 0.6) is 5.75 Å². The Morgan fingerprint density at radius 1 is 1.29 bits per heavy atom. The minimum Gasteiger partial charge on any atom is -0.490 e. The molecule has 28 heavy (non-hydrogen) atoms. The summed E-state index contributed by atoms with van der Waals surface area (Å²) >= 11 is 6.04. The van der Waals surface area contributed by atoms with Crippen LogP contribution in [0.15, 0.2) is 30.7 Å². The Hall–Kier alpha value is -2.55. The summed E-state index contributed by atoms with van der Waals surface area (Å²) in [6.07, 6.45) is 4.24. The molecule has 1 aliphatic rings. The Bertz CT molecular complexity index is 953. The van der Waals surface area contributed by atoms with E-state index in [-0.39, 0.29) is 5.92 Å². The smallest absolute Gasteiger partial charge is 0.258 e. The van der Waals surface area contributed by atoms with Gasteiger partial charge in [-0.2, -0.15) is 5.10 Å². The number of fused-ring (bicyclic) bond motifs is 1. The summed E-state index contributed by atoms with van der Waals surface area (Å²) in [6.45, 7) is 1.58. The molecule has 0 aliphatic carbocycles. The van der Waals surface area contributed by atoms with Crippen molar-refractivity contribution in [2.45, 2.75) is 25.8 Å². The van der Waals surface area contributed by atoms with Crippen LogP contribution in [0.3, 0.4) is 0 Å². The molecule has 0 saturated carbocycles. The summed E-state index contributed by atoms with van der Waals surface area (Å²) in [5, 5.41) is 4.31. The van der Waals surface area contributed by atoms with E-state index in [1.807, 2.05) is 0 Å². The summed E-state index contributed by atoms with van der Waals surface area (Å²) < 4.78 is 32.5. The van der Waals surface area contributed by atoms with E-state index in [1.54, 1.807) is 24.5 Å². The molecule has 0 aromatic carbocycles. The number of aromatic nitrogens is 5. The Kier molecular flexibility index (Phi) is 5.52. The number of alkyl halides is 2. The Labute approximate surface area is 165 Å². The number of piperidine rings is 1. The van der Waals surface area contributed by atoms with Crippen molar-refractivity contribution in [2.75, 3.05) is 24.6 Å². The number of ether oxygens (including phenoxy) is 1. The molecule has 3 aromatic rings. The van der Waals surface area contributed by atoms with Crippen LogP contribution >= 0.6 is 11.6 Å². The molecule has 4 heterocycles. The van der Waals surface area contributed by atoms with Gasteiger partial charge in [-0.3, -0.25) is 0 Å². The lowest BCUT2D eigenvalue weighted by Crippen LogP contribution is -2.38. The van der Waals surface area contributed by atoms with Crippen molar-refractivity contribution in [3.05, 3.63) is 35.9 Å². The molecular weight excluding hydrogens is 390 g/mol. The maximum atomic E-state index is 12.7. The fraction of sp³-hybridized carbons (Fsp3) is 0.444. The predicted molar refractivity (Wildman–Crippen MR) is 101 cm³/mol. The summed E-state index contributed by atoms with van der Waals surface area (Å²) in [6, 6.07) is 3.57. The fourth-order valence-corrected chi connectivity index (χ4v) is 3.53. The van der Waals surface area contributed by atoms with Crippen molar-refractivity contribution in [1.82, 2.24) is 24.7 Å². The van der Waals surface area contributed by atoms with Gasteiger partial charge in [0.15, 0.2) is 16.5 Å². The van der Waals surface area contributed by atoms with E-state index in [1.165, 1.54) is 10.9 Å². The van der Waals surface area contributed by atoms with Gasteiger partial charge in [0.05, 0.1) is 19.0 Å². The Balaban J connectivity index is 1.46. The minimum atomic E-state index is -2.50. The number of rotatable bonds is 6. The molecule has 0 spiro atoms. The second-order valence-electron chi connectivity index (χ2n) is 6.71. The zero-order chi connectivity index (χ0) is 19.5. The lowest BCUT2D eigenvalue weighted by molar-refractivity contribution is 0.123. The summed E-state index contributed by atoms with van der Waals surface area (Å²) in [7, 11) is 0. The molecule has 148 valence electrons. The number of pyridine rings is 1. The van der Waals surface area contributed by atoms with E-state index in [0.717, 1.165) is 25.9 Å². The van der Waals surface area contributed by atoms with Crippen molar-refractivity contribution in [1.29, 1.82) is 0 Å². The lowest BCUT2D eigenvalue weighted by atomic mass is 9.99. The first-order valence-corrected chi connectivity index (χ1v) is 9.43. The quantitative estimate of drug-likeness (QED) is 0.582. The van der Waals surface area contributed by atoms with Gasteiger partial charge in [0.1, 0.15) is 17.9 Å². The second-order valence-corrected chi connectivity index (χ2v) is 7.07. The first-order valence-electron chi connectivity index (χ1n) is 9.05. The van der Waals surface area contributed by atoms with Gasteiger partial charge in [0.2, 0.25) is 0 Å². The summed E-state index contributed by atoms with van der Waals surface area (Å²) in [5.41, 5.74) is 0.880. The van der Waals surface area contributed by atoms with Crippen LogP contribution in [0.2, 0.25) is 5.15 Å². The average molecular weight is 409 g/mol. The van der Waals surface area contributed by atoms with Crippen LogP contribution in [0.4, 0.5) is 14.6 Å². The SMILES string of the molecule is FC(F)Cn1ncc2ncc(N3CCCC(COc4cccnc4Cl)C3)nc21. The minimum absolute atomic E-state index is 0.286. The van der Waals surface area contributed by atoms with E-state index in [4.69, 9.17) is 16.3 Å². The Morgan fingerprint density at radius 3 is 3.00 bits per heavy atom. The highest BCUT2D eigenvalue weighted by molar-refractivity contribution is 6.30. The third kappa shape index (κ3) is 4.14. The third-order valence-electron chi connectivity index (χ3n) is 4.69. The van der Waals surface area contributed by atoms with Crippen LogP contribution in [0.1, 0.15) is 12.8 Å². The third-order valence-corrected chi connectivity index (χ3v) is 4.97. The normalized spacial score (nSPS) is 17.4. The highest BCUT2D eigenvalue weighted by atomic mass is 35.5. The van der Waals surface area contributed by atoms with Crippen LogP contribution < -0.4 is 9.64 Å². The molecule has 7 nitrogen and oxygen atoms in total. The lowest BCUT2D eigenvalue weighted by Gasteiger charge is -2.33. The Morgan fingerprint density at radius 2 is 2.18 bits per heavy atom. The predicted octanol–water partition coefficient (Wildman–Crippen LogP) is 3.44. The molecule has 1 atom stereocenters. The molecule has 1 aliphatic heterocycles. The van der Waals surface area contributed by atoms with Crippen LogP contribution in [-0.2, 0) is 6.54 Å². The molecular formula is C18H19ClF2N6O. The molecule has 1 unspecified atom stereocenters. The van der Waals surface area contributed by atoms with Crippen molar-refractivity contribution >= 4 is 28.6 Å². The van der Waals surface area contributed by atoms with E-state index in [2.05, 4.69) is 25.0 Å². The molecule has 4 rings (SSSR count). The number of halogens is 3. The fourth-order valence-electron chi connectivity index (χ4n) is 3.35. The van der Waals surface area contributed by atoms with E-state index < -0.39 is 13.0 Å². The van der Waals surface area contributed by atoms with Crippen LogP contribution in [0, 0.1) is 5.92 Å². The zero-order valence-corrected chi connectivity index (χ0v) is 15.8. The highest BCUT2D eigenvalue weighted by Gasteiger charge is 2.23.